The third kappa shape index (κ3) is 3.52. The number of non-ortho nitro benzene ring substituents is 1. The highest BCUT2D eigenvalue weighted by atomic mass is 32.1. The molecule has 0 saturated heterocycles. The number of rotatable bonds is 4. The van der Waals surface area contributed by atoms with E-state index in [4.69, 9.17) is 12.2 Å². The summed E-state index contributed by atoms with van der Waals surface area (Å²) >= 11 is 5.18. The zero-order valence-corrected chi connectivity index (χ0v) is 13.1. The van der Waals surface area contributed by atoms with Gasteiger partial charge < -0.3 is 5.32 Å². The molecule has 1 heterocycles. The quantitative estimate of drug-likeness (QED) is 0.378. The highest BCUT2D eigenvalue weighted by molar-refractivity contribution is 7.80. The molecule has 0 aliphatic carbocycles. The molecule has 1 aromatic heterocycles. The number of hydrogen-bond acceptors (Lipinski definition) is 6. The normalized spacial score (nSPS) is 10.2. The summed E-state index contributed by atoms with van der Waals surface area (Å²) in [5, 5.41) is 14.7. The SMILES string of the molecule is O=[N+]([O-])c1ccc(NC(=S)NNc2ncnc3ccccc23)cc1. The van der Waals surface area contributed by atoms with E-state index < -0.39 is 4.92 Å². The van der Waals surface area contributed by atoms with Crippen LogP contribution >= 0.6 is 12.2 Å². The second kappa shape index (κ2) is 6.84. The second-order valence-corrected chi connectivity index (χ2v) is 5.16. The Morgan fingerprint density at radius 3 is 2.58 bits per heavy atom. The second-order valence-electron chi connectivity index (χ2n) is 4.75. The van der Waals surface area contributed by atoms with E-state index in [-0.39, 0.29) is 5.69 Å². The maximum atomic E-state index is 10.6. The lowest BCUT2D eigenvalue weighted by molar-refractivity contribution is -0.384. The van der Waals surface area contributed by atoms with Crippen molar-refractivity contribution in [2.45, 2.75) is 0 Å². The fraction of sp³-hybridized carbons (Fsp3) is 0. The van der Waals surface area contributed by atoms with E-state index in [2.05, 4.69) is 26.1 Å². The summed E-state index contributed by atoms with van der Waals surface area (Å²) in [5.74, 6) is 0.591. The molecule has 0 aliphatic rings. The molecule has 3 aromatic rings. The molecule has 0 atom stereocenters. The molecule has 0 spiro atoms. The Morgan fingerprint density at radius 1 is 1.08 bits per heavy atom. The fourth-order valence-electron chi connectivity index (χ4n) is 2.05. The average Bonchev–Trinajstić information content (AvgIpc) is 2.60. The van der Waals surface area contributed by atoms with Gasteiger partial charge in [-0.05, 0) is 36.5 Å². The Kier molecular flexibility index (Phi) is 4.43. The molecule has 0 bridgehead atoms. The predicted molar refractivity (Wildman–Crippen MR) is 95.6 cm³/mol. The first-order chi connectivity index (χ1) is 11.6. The van der Waals surface area contributed by atoms with Crippen LogP contribution in [0.1, 0.15) is 0 Å². The van der Waals surface area contributed by atoms with E-state index in [1.54, 1.807) is 12.1 Å². The van der Waals surface area contributed by atoms with Crippen molar-refractivity contribution in [3.8, 4) is 0 Å². The minimum Gasteiger partial charge on any atom is -0.331 e. The van der Waals surface area contributed by atoms with Crippen LogP contribution in [0.4, 0.5) is 17.2 Å². The molecule has 0 unspecified atom stereocenters. The van der Waals surface area contributed by atoms with Gasteiger partial charge in [0.25, 0.3) is 5.69 Å². The number of thiocarbonyl (C=S) groups is 1. The number of benzene rings is 2. The molecule has 3 N–H and O–H groups in total. The predicted octanol–water partition coefficient (Wildman–Crippen LogP) is 2.85. The Balaban J connectivity index is 1.64. The molecule has 9 heteroatoms. The van der Waals surface area contributed by atoms with Crippen molar-refractivity contribution >= 4 is 45.4 Å². The zero-order valence-electron chi connectivity index (χ0n) is 12.3. The Hall–Kier alpha value is -3.33. The smallest absolute Gasteiger partial charge is 0.269 e. The van der Waals surface area contributed by atoms with Crippen LogP contribution in [0.3, 0.4) is 0 Å². The topological polar surface area (TPSA) is 105 Å². The van der Waals surface area contributed by atoms with Gasteiger partial charge in [0.1, 0.15) is 6.33 Å². The molecule has 0 radical (unpaired) electrons. The third-order valence-electron chi connectivity index (χ3n) is 3.17. The van der Waals surface area contributed by atoms with Crippen LogP contribution < -0.4 is 16.2 Å². The number of para-hydroxylation sites is 1. The number of nitro benzene ring substituents is 1. The fourth-order valence-corrected chi connectivity index (χ4v) is 2.22. The molecular weight excluding hydrogens is 328 g/mol. The monoisotopic (exact) mass is 340 g/mol. The van der Waals surface area contributed by atoms with Crippen molar-refractivity contribution in [3.63, 3.8) is 0 Å². The minimum absolute atomic E-state index is 0.0185. The molecule has 24 heavy (non-hydrogen) atoms. The molecular formula is C15H12N6O2S. The number of hydrogen-bond donors (Lipinski definition) is 3. The first-order valence-electron chi connectivity index (χ1n) is 6.91. The summed E-state index contributed by atoms with van der Waals surface area (Å²) in [6.07, 6.45) is 1.46. The third-order valence-corrected chi connectivity index (χ3v) is 3.38. The van der Waals surface area contributed by atoms with Gasteiger partial charge in [-0.2, -0.15) is 0 Å². The van der Waals surface area contributed by atoms with Crippen LogP contribution in [-0.2, 0) is 0 Å². The van der Waals surface area contributed by atoms with Crippen LogP contribution in [-0.4, -0.2) is 20.0 Å². The summed E-state index contributed by atoms with van der Waals surface area (Å²) in [5.41, 5.74) is 7.21. The molecule has 3 rings (SSSR count). The van der Waals surface area contributed by atoms with Crippen molar-refractivity contribution in [1.29, 1.82) is 0 Å². The summed E-state index contributed by atoms with van der Waals surface area (Å²) in [6, 6.07) is 13.5. The lowest BCUT2D eigenvalue weighted by Crippen LogP contribution is -2.33. The Morgan fingerprint density at radius 2 is 1.83 bits per heavy atom. The van der Waals surface area contributed by atoms with Gasteiger partial charge in [0, 0.05) is 23.2 Å². The van der Waals surface area contributed by atoms with Gasteiger partial charge in [-0.3, -0.25) is 21.0 Å². The van der Waals surface area contributed by atoms with Crippen LogP contribution in [0.25, 0.3) is 10.9 Å². The number of anilines is 2. The standard InChI is InChI=1S/C15H12N6O2S/c22-21(23)11-7-5-10(6-8-11)18-15(24)20-19-14-12-3-1-2-4-13(12)16-9-17-14/h1-9H,(H,16,17,19)(H2,18,20,24). The van der Waals surface area contributed by atoms with Crippen molar-refractivity contribution in [1.82, 2.24) is 15.4 Å². The van der Waals surface area contributed by atoms with E-state index in [1.807, 2.05) is 24.3 Å². The number of aromatic nitrogens is 2. The highest BCUT2D eigenvalue weighted by Crippen LogP contribution is 2.18. The summed E-state index contributed by atoms with van der Waals surface area (Å²) in [7, 11) is 0. The van der Waals surface area contributed by atoms with Gasteiger partial charge in [-0.15, -0.1) is 0 Å². The lowest BCUT2D eigenvalue weighted by Gasteiger charge is -2.13. The van der Waals surface area contributed by atoms with E-state index in [9.17, 15) is 10.1 Å². The van der Waals surface area contributed by atoms with E-state index in [0.717, 1.165) is 10.9 Å². The Bertz CT molecular complexity index is 895. The van der Waals surface area contributed by atoms with Crippen molar-refractivity contribution in [2.75, 3.05) is 10.7 Å². The summed E-state index contributed by atoms with van der Waals surface area (Å²) < 4.78 is 0. The number of nitrogens with one attached hydrogen (secondary N) is 3. The zero-order chi connectivity index (χ0) is 16.9. The van der Waals surface area contributed by atoms with Crippen LogP contribution in [0.15, 0.2) is 54.9 Å². The number of fused-ring (bicyclic) bond motifs is 1. The largest absolute Gasteiger partial charge is 0.331 e. The van der Waals surface area contributed by atoms with Crippen LogP contribution in [0.5, 0.6) is 0 Å². The van der Waals surface area contributed by atoms with E-state index in [0.29, 0.717) is 16.6 Å². The van der Waals surface area contributed by atoms with Gasteiger partial charge in [0.05, 0.1) is 10.4 Å². The maximum absolute atomic E-state index is 10.6. The van der Waals surface area contributed by atoms with Crippen molar-refractivity contribution in [2.24, 2.45) is 0 Å². The van der Waals surface area contributed by atoms with E-state index in [1.165, 1.54) is 18.5 Å². The van der Waals surface area contributed by atoms with Crippen molar-refractivity contribution < 1.29 is 4.92 Å². The summed E-state index contributed by atoms with van der Waals surface area (Å²) in [6.45, 7) is 0. The molecule has 0 amide bonds. The van der Waals surface area contributed by atoms with Crippen molar-refractivity contribution in [3.05, 3.63) is 65.0 Å². The van der Waals surface area contributed by atoms with Gasteiger partial charge in [-0.1, -0.05) is 12.1 Å². The Labute approximate surface area is 142 Å². The number of nitro groups is 1. The molecule has 120 valence electrons. The molecule has 2 aromatic carbocycles. The molecule has 0 aliphatic heterocycles. The molecule has 8 nitrogen and oxygen atoms in total. The minimum atomic E-state index is -0.456. The van der Waals surface area contributed by atoms with Crippen LogP contribution in [0, 0.1) is 10.1 Å². The number of hydrazine groups is 1. The first kappa shape index (κ1) is 15.6. The van der Waals surface area contributed by atoms with Crippen LogP contribution in [0.2, 0.25) is 0 Å². The van der Waals surface area contributed by atoms with Gasteiger partial charge >= 0.3 is 0 Å². The van der Waals surface area contributed by atoms with Gasteiger partial charge in [0.15, 0.2) is 10.9 Å². The maximum Gasteiger partial charge on any atom is 0.269 e. The first-order valence-corrected chi connectivity index (χ1v) is 7.31. The lowest BCUT2D eigenvalue weighted by atomic mass is 10.2. The van der Waals surface area contributed by atoms with E-state index >= 15 is 0 Å². The average molecular weight is 340 g/mol. The highest BCUT2D eigenvalue weighted by Gasteiger charge is 2.06. The molecule has 0 saturated carbocycles. The summed E-state index contributed by atoms with van der Waals surface area (Å²) in [4.78, 5) is 18.5. The number of nitrogens with zero attached hydrogens (tertiary/aromatic N) is 3. The van der Waals surface area contributed by atoms with Gasteiger partial charge in [0.2, 0.25) is 0 Å². The molecule has 0 fully saturated rings. The van der Waals surface area contributed by atoms with Gasteiger partial charge in [-0.25, -0.2) is 9.97 Å².